The Bertz CT molecular complexity index is 557. The van der Waals surface area contributed by atoms with Crippen LogP contribution in [0.2, 0.25) is 0 Å². The van der Waals surface area contributed by atoms with Gasteiger partial charge >= 0.3 is 6.03 Å². The minimum Gasteiger partial charge on any atom is -0.349 e. The number of nitrogens with one attached hydrogen (secondary N) is 4. The molecule has 3 amide bonds. The highest BCUT2D eigenvalue weighted by Gasteiger charge is 2.23. The summed E-state index contributed by atoms with van der Waals surface area (Å²) in [6.45, 7) is 1.88. The molecular weight excluding hydrogens is 316 g/mol. The van der Waals surface area contributed by atoms with Crippen molar-refractivity contribution in [3.05, 3.63) is 29.8 Å². The van der Waals surface area contributed by atoms with Crippen molar-refractivity contribution in [1.29, 1.82) is 0 Å². The number of piperidine rings is 1. The van der Waals surface area contributed by atoms with Gasteiger partial charge in [0.25, 0.3) is 5.91 Å². The third-order valence-corrected chi connectivity index (χ3v) is 3.97. The molecule has 2 fully saturated rings. The first-order chi connectivity index (χ1) is 10.7. The Kier molecular flexibility index (Phi) is 6.24. The monoisotopic (exact) mass is 338 g/mol. The second-order valence-corrected chi connectivity index (χ2v) is 5.95. The molecule has 1 aromatic carbocycles. The summed E-state index contributed by atoms with van der Waals surface area (Å²) in [5, 5.41) is 12.0. The Hall–Kier alpha value is -1.79. The smallest absolute Gasteiger partial charge is 0.319 e. The first-order valence-electron chi connectivity index (χ1n) is 7.90. The van der Waals surface area contributed by atoms with Gasteiger partial charge in [-0.05, 0) is 57.0 Å². The maximum Gasteiger partial charge on any atom is 0.319 e. The van der Waals surface area contributed by atoms with Crippen molar-refractivity contribution < 1.29 is 9.59 Å². The molecule has 0 unspecified atom stereocenters. The first-order valence-corrected chi connectivity index (χ1v) is 7.90. The summed E-state index contributed by atoms with van der Waals surface area (Å²) in [5.41, 5.74) is 1.21. The molecule has 0 bridgehead atoms. The Morgan fingerprint density at radius 3 is 2.39 bits per heavy atom. The van der Waals surface area contributed by atoms with Crippen LogP contribution in [-0.4, -0.2) is 37.1 Å². The minimum atomic E-state index is -0.210. The molecule has 0 spiro atoms. The van der Waals surface area contributed by atoms with E-state index in [0.717, 1.165) is 38.8 Å². The maximum atomic E-state index is 12.3. The maximum absolute atomic E-state index is 12.3. The van der Waals surface area contributed by atoms with Crippen molar-refractivity contribution in [2.45, 2.75) is 37.8 Å². The van der Waals surface area contributed by atoms with Crippen LogP contribution < -0.4 is 21.3 Å². The molecule has 4 N–H and O–H groups in total. The number of anilines is 1. The summed E-state index contributed by atoms with van der Waals surface area (Å²) in [7, 11) is 0. The van der Waals surface area contributed by atoms with Crippen LogP contribution in [-0.2, 0) is 0 Å². The zero-order chi connectivity index (χ0) is 15.4. The van der Waals surface area contributed by atoms with Gasteiger partial charge in [-0.15, -0.1) is 12.4 Å². The molecule has 1 aliphatic heterocycles. The van der Waals surface area contributed by atoms with Crippen molar-refractivity contribution in [3.63, 3.8) is 0 Å². The molecule has 3 rings (SSSR count). The van der Waals surface area contributed by atoms with Gasteiger partial charge in [0, 0.05) is 23.3 Å². The van der Waals surface area contributed by atoms with E-state index in [1.165, 1.54) is 0 Å². The van der Waals surface area contributed by atoms with Crippen LogP contribution in [0.25, 0.3) is 0 Å². The van der Waals surface area contributed by atoms with Gasteiger partial charge in [0.1, 0.15) is 0 Å². The normalized spacial score (nSPS) is 17.7. The molecule has 1 heterocycles. The average Bonchev–Trinajstić information content (AvgIpc) is 3.32. The Balaban J connectivity index is 0.00000192. The number of hydrogen-bond donors (Lipinski definition) is 4. The number of amides is 3. The summed E-state index contributed by atoms with van der Waals surface area (Å²) in [5.74, 6) is -0.0850. The predicted molar refractivity (Wildman–Crippen MR) is 92.2 cm³/mol. The summed E-state index contributed by atoms with van der Waals surface area (Å²) in [6.07, 6.45) is 4.00. The highest BCUT2D eigenvalue weighted by Crippen LogP contribution is 2.19. The fourth-order valence-electron chi connectivity index (χ4n) is 2.55. The zero-order valence-corrected chi connectivity index (χ0v) is 13.7. The highest BCUT2D eigenvalue weighted by atomic mass is 35.5. The summed E-state index contributed by atoms with van der Waals surface area (Å²) >= 11 is 0. The third kappa shape index (κ3) is 5.41. The van der Waals surface area contributed by atoms with E-state index >= 15 is 0 Å². The van der Waals surface area contributed by atoms with Gasteiger partial charge in [0.05, 0.1) is 0 Å². The number of carbonyl (C=O) groups excluding carboxylic acids is 2. The van der Waals surface area contributed by atoms with Crippen LogP contribution in [0.4, 0.5) is 10.5 Å². The van der Waals surface area contributed by atoms with E-state index in [1.807, 2.05) is 0 Å². The van der Waals surface area contributed by atoms with E-state index in [0.29, 0.717) is 17.3 Å². The molecule has 1 saturated carbocycles. The number of hydrogen-bond acceptors (Lipinski definition) is 3. The molecule has 126 valence electrons. The summed E-state index contributed by atoms with van der Waals surface area (Å²) < 4.78 is 0. The topological polar surface area (TPSA) is 82.3 Å². The van der Waals surface area contributed by atoms with Gasteiger partial charge in [0.15, 0.2) is 0 Å². The fourth-order valence-corrected chi connectivity index (χ4v) is 2.55. The standard InChI is InChI=1S/C16H22N4O2.ClH/c21-15(18-13-6-8-17-9-7-13)11-2-1-3-14(10-11)20-16(22)19-12-4-5-12;/h1-3,10,12-13,17H,4-9H2,(H,18,21)(H2,19,20,22);1H. The van der Waals surface area contributed by atoms with E-state index in [4.69, 9.17) is 0 Å². The van der Waals surface area contributed by atoms with Crippen molar-refractivity contribution >= 4 is 30.0 Å². The zero-order valence-electron chi connectivity index (χ0n) is 12.9. The molecule has 1 aromatic rings. The lowest BCUT2D eigenvalue weighted by Gasteiger charge is -2.23. The Labute approximate surface area is 142 Å². The molecule has 1 saturated heterocycles. The van der Waals surface area contributed by atoms with Crippen molar-refractivity contribution in [3.8, 4) is 0 Å². The average molecular weight is 339 g/mol. The largest absolute Gasteiger partial charge is 0.349 e. The van der Waals surface area contributed by atoms with Crippen molar-refractivity contribution in [2.75, 3.05) is 18.4 Å². The van der Waals surface area contributed by atoms with E-state index in [2.05, 4.69) is 21.3 Å². The van der Waals surface area contributed by atoms with Gasteiger partial charge in [-0.2, -0.15) is 0 Å². The van der Waals surface area contributed by atoms with E-state index < -0.39 is 0 Å². The molecule has 0 atom stereocenters. The van der Waals surface area contributed by atoms with Gasteiger partial charge in [-0.25, -0.2) is 4.79 Å². The van der Waals surface area contributed by atoms with Gasteiger partial charge < -0.3 is 21.3 Å². The van der Waals surface area contributed by atoms with Crippen molar-refractivity contribution in [2.24, 2.45) is 0 Å². The number of urea groups is 1. The number of carbonyl (C=O) groups is 2. The van der Waals surface area contributed by atoms with Gasteiger partial charge in [0.2, 0.25) is 0 Å². The van der Waals surface area contributed by atoms with Crippen LogP contribution in [0.1, 0.15) is 36.0 Å². The molecule has 7 heteroatoms. The third-order valence-electron chi connectivity index (χ3n) is 3.97. The Morgan fingerprint density at radius 2 is 1.70 bits per heavy atom. The van der Waals surface area contributed by atoms with E-state index in [1.54, 1.807) is 24.3 Å². The molecule has 23 heavy (non-hydrogen) atoms. The molecule has 6 nitrogen and oxygen atoms in total. The number of halogens is 1. The van der Waals surface area contributed by atoms with Gasteiger partial charge in [-0.1, -0.05) is 6.07 Å². The molecule has 0 aromatic heterocycles. The Morgan fingerprint density at radius 1 is 1.00 bits per heavy atom. The predicted octanol–water partition coefficient (Wildman–Crippen LogP) is 1.87. The lowest BCUT2D eigenvalue weighted by Crippen LogP contribution is -2.42. The van der Waals surface area contributed by atoms with E-state index in [-0.39, 0.29) is 30.4 Å². The quantitative estimate of drug-likeness (QED) is 0.676. The highest BCUT2D eigenvalue weighted by molar-refractivity contribution is 5.97. The summed E-state index contributed by atoms with van der Waals surface area (Å²) in [4.78, 5) is 24.0. The molecule has 0 radical (unpaired) electrons. The second-order valence-electron chi connectivity index (χ2n) is 5.95. The molecule has 1 aliphatic carbocycles. The van der Waals surface area contributed by atoms with E-state index in [9.17, 15) is 9.59 Å². The SMILES string of the molecule is Cl.O=C(Nc1cccc(C(=O)NC2CCNCC2)c1)NC1CC1. The van der Waals surface area contributed by atoms with Crippen LogP contribution in [0.5, 0.6) is 0 Å². The molecular formula is C16H23ClN4O2. The lowest BCUT2D eigenvalue weighted by molar-refractivity contribution is 0.0929. The lowest BCUT2D eigenvalue weighted by atomic mass is 10.1. The number of benzene rings is 1. The number of rotatable bonds is 4. The van der Waals surface area contributed by atoms with Crippen LogP contribution >= 0.6 is 12.4 Å². The second kappa shape index (κ2) is 8.17. The van der Waals surface area contributed by atoms with Crippen LogP contribution in [0.3, 0.4) is 0 Å². The fraction of sp³-hybridized carbons (Fsp3) is 0.500. The van der Waals surface area contributed by atoms with Crippen LogP contribution in [0.15, 0.2) is 24.3 Å². The van der Waals surface area contributed by atoms with Gasteiger partial charge in [-0.3, -0.25) is 4.79 Å². The first kappa shape index (κ1) is 17.6. The minimum absolute atomic E-state index is 0. The van der Waals surface area contributed by atoms with Crippen molar-refractivity contribution in [1.82, 2.24) is 16.0 Å². The summed E-state index contributed by atoms with van der Waals surface area (Å²) in [6, 6.07) is 7.37. The molecule has 2 aliphatic rings. The van der Waals surface area contributed by atoms with Crippen LogP contribution in [0, 0.1) is 0 Å².